The third-order valence-corrected chi connectivity index (χ3v) is 9.38. The third-order valence-electron chi connectivity index (χ3n) is 8.79. The molecule has 10 heteroatoms. The molecule has 1 N–H and O–H groups in total. The molecule has 2 atom stereocenters. The molecule has 0 radical (unpaired) electrons. The fourth-order valence-electron chi connectivity index (χ4n) is 6.34. The smallest absolute Gasteiger partial charge is 0.324 e. The van der Waals surface area contributed by atoms with Gasteiger partial charge in [0.2, 0.25) is 5.91 Å². The molecule has 2 aliphatic rings. The molecule has 2 fully saturated rings. The summed E-state index contributed by atoms with van der Waals surface area (Å²) in [6, 6.07) is 22.9. The van der Waals surface area contributed by atoms with E-state index in [0.29, 0.717) is 34.4 Å². The Morgan fingerprint density at radius 1 is 0.909 bits per heavy atom. The van der Waals surface area contributed by atoms with Crippen molar-refractivity contribution in [2.45, 2.75) is 39.3 Å². The van der Waals surface area contributed by atoms with Crippen LogP contribution in [0.15, 0.2) is 72.8 Å². The summed E-state index contributed by atoms with van der Waals surface area (Å²) in [4.78, 5) is 47.5. The molecule has 2 unspecified atom stereocenters. The van der Waals surface area contributed by atoms with Crippen molar-refractivity contribution in [2.75, 3.05) is 44.2 Å². The molecule has 0 bridgehead atoms. The van der Waals surface area contributed by atoms with E-state index in [1.54, 1.807) is 28.0 Å². The van der Waals surface area contributed by atoms with E-state index in [-0.39, 0.29) is 50.5 Å². The molecule has 0 aromatic heterocycles. The summed E-state index contributed by atoms with van der Waals surface area (Å²) in [5.41, 5.74) is 2.59. The van der Waals surface area contributed by atoms with Crippen LogP contribution < -0.4 is 4.90 Å². The van der Waals surface area contributed by atoms with E-state index in [0.717, 1.165) is 18.7 Å². The first-order valence-corrected chi connectivity index (χ1v) is 15.6. The molecule has 0 spiro atoms. The van der Waals surface area contributed by atoms with E-state index in [1.165, 1.54) is 5.56 Å². The number of hydrogen-bond donors (Lipinski definition) is 1. The van der Waals surface area contributed by atoms with Gasteiger partial charge in [0, 0.05) is 79.4 Å². The van der Waals surface area contributed by atoms with Crippen LogP contribution in [0.4, 0.5) is 10.5 Å². The maximum Gasteiger partial charge on any atom is 0.324 e. The Hall–Kier alpha value is -3.59. The first-order valence-electron chi connectivity index (χ1n) is 14.9. The predicted molar refractivity (Wildman–Crippen MR) is 173 cm³/mol. The second-order valence-electron chi connectivity index (χ2n) is 12.0. The van der Waals surface area contributed by atoms with Crippen LogP contribution in [0.25, 0.3) is 0 Å². The molecule has 3 amide bonds. The molecular weight excluding hydrogens is 599 g/mol. The lowest BCUT2D eigenvalue weighted by atomic mass is 9.77. The molecule has 0 aliphatic carbocycles. The number of halogens is 2. The highest BCUT2D eigenvalue weighted by atomic mass is 35.5. The molecule has 2 aliphatic heterocycles. The monoisotopic (exact) mass is 636 g/mol. The number of amides is 3. The van der Waals surface area contributed by atoms with Crippen LogP contribution in [-0.2, 0) is 16.1 Å². The van der Waals surface area contributed by atoms with Crippen molar-refractivity contribution in [3.8, 4) is 0 Å². The van der Waals surface area contributed by atoms with Gasteiger partial charge in [0.05, 0.1) is 6.42 Å². The Kier molecular flexibility index (Phi) is 9.83. The zero-order valence-corrected chi connectivity index (χ0v) is 26.6. The van der Waals surface area contributed by atoms with Gasteiger partial charge in [-0.1, -0.05) is 77.3 Å². The number of hydrogen-bond acceptors (Lipinski definition) is 4. The van der Waals surface area contributed by atoms with Crippen molar-refractivity contribution >= 4 is 46.8 Å². The van der Waals surface area contributed by atoms with Gasteiger partial charge >= 0.3 is 12.0 Å². The summed E-state index contributed by atoms with van der Waals surface area (Å²) >= 11 is 12.6. The Labute approximate surface area is 268 Å². The van der Waals surface area contributed by atoms with Crippen molar-refractivity contribution in [1.82, 2.24) is 14.7 Å². The Balaban J connectivity index is 1.38. The van der Waals surface area contributed by atoms with E-state index in [1.807, 2.05) is 54.3 Å². The van der Waals surface area contributed by atoms with Crippen LogP contribution in [0.3, 0.4) is 0 Å². The number of aryl methyl sites for hydroxylation is 1. The lowest BCUT2D eigenvalue weighted by Gasteiger charge is -2.48. The van der Waals surface area contributed by atoms with Gasteiger partial charge in [-0.15, -0.1) is 0 Å². The summed E-state index contributed by atoms with van der Waals surface area (Å²) in [6.07, 6.45) is -0.252. The highest BCUT2D eigenvalue weighted by Gasteiger charge is 2.47. The van der Waals surface area contributed by atoms with E-state index < -0.39 is 11.4 Å². The lowest BCUT2D eigenvalue weighted by Crippen LogP contribution is -2.60. The lowest BCUT2D eigenvalue weighted by molar-refractivity contribution is -0.142. The molecule has 8 nitrogen and oxygen atoms in total. The maximum absolute atomic E-state index is 13.9. The van der Waals surface area contributed by atoms with Gasteiger partial charge in [0.15, 0.2) is 0 Å². The number of anilines is 1. The number of carboxylic acid groups (broad SMARTS) is 1. The van der Waals surface area contributed by atoms with Gasteiger partial charge in [-0.2, -0.15) is 0 Å². The number of piperazine rings is 1. The number of benzene rings is 3. The number of carbonyl (C=O) groups is 3. The van der Waals surface area contributed by atoms with Crippen molar-refractivity contribution in [3.05, 3.63) is 99.5 Å². The quantitative estimate of drug-likeness (QED) is 0.290. The van der Waals surface area contributed by atoms with E-state index in [4.69, 9.17) is 23.2 Å². The van der Waals surface area contributed by atoms with Crippen molar-refractivity contribution in [3.63, 3.8) is 0 Å². The second kappa shape index (κ2) is 13.6. The minimum Gasteiger partial charge on any atom is -0.481 e. The van der Waals surface area contributed by atoms with Gasteiger partial charge in [-0.05, 0) is 49.2 Å². The molecule has 232 valence electrons. The van der Waals surface area contributed by atoms with Crippen LogP contribution in [0, 0.1) is 12.3 Å². The van der Waals surface area contributed by atoms with Crippen molar-refractivity contribution < 1.29 is 19.5 Å². The first kappa shape index (κ1) is 31.8. The number of carboxylic acids is 1. The zero-order chi connectivity index (χ0) is 31.4. The number of nitrogens with zero attached hydrogens (tertiary/aromatic N) is 4. The summed E-state index contributed by atoms with van der Waals surface area (Å²) in [5, 5.41) is 11.0. The highest BCUT2D eigenvalue weighted by Crippen LogP contribution is 2.38. The van der Waals surface area contributed by atoms with Gasteiger partial charge in [0.25, 0.3) is 0 Å². The average Bonchev–Trinajstić information content (AvgIpc) is 3.00. The van der Waals surface area contributed by atoms with Gasteiger partial charge in [0.1, 0.15) is 0 Å². The van der Waals surface area contributed by atoms with Crippen molar-refractivity contribution in [1.29, 1.82) is 0 Å². The van der Waals surface area contributed by atoms with Crippen LogP contribution in [0.5, 0.6) is 0 Å². The SMILES string of the molecule is Cc1ccc(N2CC(CC(=O)O)(CC(=O)N3CCN(C(C)c4ccccc4)CC3)CN(Cc3ccc(Cl)cc3Cl)C2=O)cc1. The second-order valence-corrected chi connectivity index (χ2v) is 12.9. The van der Waals surface area contributed by atoms with Crippen LogP contribution >= 0.6 is 23.2 Å². The highest BCUT2D eigenvalue weighted by molar-refractivity contribution is 6.35. The van der Waals surface area contributed by atoms with Crippen LogP contribution in [-0.4, -0.2) is 77.0 Å². The van der Waals surface area contributed by atoms with E-state index in [9.17, 15) is 19.5 Å². The van der Waals surface area contributed by atoms with Crippen molar-refractivity contribution in [2.24, 2.45) is 5.41 Å². The van der Waals surface area contributed by atoms with Crippen LogP contribution in [0.1, 0.15) is 42.5 Å². The predicted octanol–water partition coefficient (Wildman–Crippen LogP) is 6.50. The molecule has 3 aromatic rings. The minimum absolute atomic E-state index is 0.00797. The number of aliphatic carboxylic acids is 1. The molecule has 44 heavy (non-hydrogen) atoms. The normalized spacial score (nSPS) is 20.1. The Morgan fingerprint density at radius 2 is 1.59 bits per heavy atom. The summed E-state index contributed by atoms with van der Waals surface area (Å²) in [7, 11) is 0. The number of carbonyl (C=O) groups excluding carboxylic acids is 2. The van der Waals surface area contributed by atoms with E-state index >= 15 is 0 Å². The third kappa shape index (κ3) is 7.37. The minimum atomic E-state index is -1.02. The standard InChI is InChI=1S/C34H38Cl2N4O4/c1-24-8-12-29(13-9-24)40-23-34(20-32(42)43,22-39(33(40)44)21-27-10-11-28(35)18-30(27)36)19-31(41)38-16-14-37(15-17-38)25(2)26-6-4-3-5-7-26/h3-13,18,25H,14-17,19-23H2,1-2H3,(H,42,43). The van der Waals surface area contributed by atoms with Gasteiger partial charge in [-0.25, -0.2) is 4.79 Å². The summed E-state index contributed by atoms with van der Waals surface area (Å²) < 4.78 is 0. The average molecular weight is 638 g/mol. The zero-order valence-electron chi connectivity index (χ0n) is 25.1. The first-order chi connectivity index (χ1) is 21.0. The van der Waals surface area contributed by atoms with Gasteiger partial charge < -0.3 is 14.9 Å². The fraction of sp³-hybridized carbons (Fsp3) is 0.382. The largest absolute Gasteiger partial charge is 0.481 e. The number of urea groups is 1. The molecule has 5 rings (SSSR count). The summed E-state index contributed by atoms with van der Waals surface area (Å²) in [6.45, 7) is 7.08. The van der Waals surface area contributed by atoms with E-state index in [2.05, 4.69) is 24.0 Å². The molecular formula is C34H38Cl2N4O4. The number of rotatable bonds is 9. The molecule has 3 aromatic carbocycles. The maximum atomic E-state index is 13.9. The Bertz CT molecular complexity index is 1490. The molecule has 2 saturated heterocycles. The van der Waals surface area contributed by atoms with Crippen LogP contribution in [0.2, 0.25) is 10.0 Å². The molecule has 0 saturated carbocycles. The molecule has 2 heterocycles. The summed E-state index contributed by atoms with van der Waals surface area (Å²) in [5.74, 6) is -1.11. The fourth-order valence-corrected chi connectivity index (χ4v) is 6.81. The Morgan fingerprint density at radius 3 is 2.23 bits per heavy atom. The van der Waals surface area contributed by atoms with Gasteiger partial charge in [-0.3, -0.25) is 19.4 Å². The topological polar surface area (TPSA) is 84.4 Å².